The zero-order chi connectivity index (χ0) is 14.4. The zero-order valence-electron chi connectivity index (χ0n) is 10.0. The third kappa shape index (κ3) is 2.93. The molecule has 0 spiro atoms. The fourth-order valence-corrected chi connectivity index (χ4v) is 3.38. The standard InChI is InChI=1S/C13H11F4IO/c1-7-4-8-5-9(13(15,16)17)2-3-10(8)11(19)12(14,18)6-7/h2-3,5,7H,4,6H2,1H3. The largest absolute Gasteiger partial charge is 0.416 e. The predicted octanol–water partition coefficient (Wildman–Crippen LogP) is 4.57. The molecule has 2 atom stereocenters. The van der Waals surface area contributed by atoms with Crippen molar-refractivity contribution in [2.45, 2.75) is 29.6 Å². The van der Waals surface area contributed by atoms with Crippen molar-refractivity contribution >= 4 is 28.4 Å². The molecule has 1 aliphatic rings. The van der Waals surface area contributed by atoms with Crippen molar-refractivity contribution in [2.24, 2.45) is 5.92 Å². The van der Waals surface area contributed by atoms with Crippen LogP contribution in [0.2, 0.25) is 0 Å². The predicted molar refractivity (Wildman–Crippen MR) is 71.1 cm³/mol. The molecule has 0 fully saturated rings. The fraction of sp³-hybridized carbons (Fsp3) is 0.462. The lowest BCUT2D eigenvalue weighted by Crippen LogP contribution is -2.27. The number of hydrogen-bond donors (Lipinski definition) is 0. The van der Waals surface area contributed by atoms with E-state index in [2.05, 4.69) is 0 Å². The van der Waals surface area contributed by atoms with Gasteiger partial charge < -0.3 is 0 Å². The first-order valence-electron chi connectivity index (χ1n) is 5.74. The maximum atomic E-state index is 14.2. The van der Waals surface area contributed by atoms with E-state index < -0.39 is 21.2 Å². The first-order chi connectivity index (χ1) is 8.61. The van der Waals surface area contributed by atoms with Gasteiger partial charge in [-0.2, -0.15) is 13.2 Å². The number of carbonyl (C=O) groups excluding carboxylic acids is 1. The molecule has 0 N–H and O–H groups in total. The van der Waals surface area contributed by atoms with E-state index in [1.165, 1.54) is 22.6 Å². The molecule has 0 aromatic heterocycles. The highest BCUT2D eigenvalue weighted by atomic mass is 127. The van der Waals surface area contributed by atoms with Crippen LogP contribution in [-0.2, 0) is 12.6 Å². The molecular formula is C13H11F4IO. The van der Waals surface area contributed by atoms with E-state index in [9.17, 15) is 22.4 Å². The SMILES string of the molecule is CC1Cc2cc(C(F)(F)F)ccc2C(=O)C(F)(I)C1. The van der Waals surface area contributed by atoms with E-state index in [-0.39, 0.29) is 29.9 Å². The molecule has 1 aliphatic carbocycles. The maximum absolute atomic E-state index is 14.2. The van der Waals surface area contributed by atoms with Crippen molar-refractivity contribution in [3.63, 3.8) is 0 Å². The van der Waals surface area contributed by atoms with Crippen LogP contribution in [0.5, 0.6) is 0 Å². The van der Waals surface area contributed by atoms with E-state index in [1.807, 2.05) is 0 Å². The van der Waals surface area contributed by atoms with Crippen molar-refractivity contribution in [2.75, 3.05) is 0 Å². The third-order valence-corrected chi connectivity index (χ3v) is 4.11. The Kier molecular flexibility index (Phi) is 3.66. The Balaban J connectivity index is 2.54. The molecule has 1 nitrogen and oxygen atoms in total. The minimum atomic E-state index is -4.45. The Hall–Kier alpha value is -0.660. The Morgan fingerprint density at radius 1 is 1.37 bits per heavy atom. The van der Waals surface area contributed by atoms with Gasteiger partial charge in [0.2, 0.25) is 9.46 Å². The topological polar surface area (TPSA) is 17.1 Å². The quantitative estimate of drug-likeness (QED) is 0.276. The van der Waals surface area contributed by atoms with Gasteiger partial charge in [0.25, 0.3) is 0 Å². The van der Waals surface area contributed by atoms with E-state index in [4.69, 9.17) is 0 Å². The van der Waals surface area contributed by atoms with Crippen LogP contribution in [0, 0.1) is 5.92 Å². The number of carbonyl (C=O) groups is 1. The average molecular weight is 386 g/mol. The van der Waals surface area contributed by atoms with E-state index in [0.717, 1.165) is 18.2 Å². The highest BCUT2D eigenvalue weighted by Gasteiger charge is 2.42. The summed E-state index contributed by atoms with van der Waals surface area (Å²) in [4.78, 5) is 12.0. The van der Waals surface area contributed by atoms with Gasteiger partial charge in [-0.15, -0.1) is 0 Å². The highest BCUT2D eigenvalue weighted by molar-refractivity contribution is 14.1. The molecule has 2 rings (SSSR count). The van der Waals surface area contributed by atoms with Crippen LogP contribution in [-0.4, -0.2) is 9.46 Å². The van der Waals surface area contributed by atoms with Gasteiger partial charge in [0, 0.05) is 12.0 Å². The summed E-state index contributed by atoms with van der Waals surface area (Å²) in [6.45, 7) is 1.73. The van der Waals surface area contributed by atoms with Crippen molar-refractivity contribution < 1.29 is 22.4 Å². The van der Waals surface area contributed by atoms with Crippen LogP contribution in [0.25, 0.3) is 0 Å². The van der Waals surface area contributed by atoms with E-state index in [1.54, 1.807) is 6.92 Å². The summed E-state index contributed by atoms with van der Waals surface area (Å²) in [5.74, 6) is -0.920. The molecule has 0 saturated heterocycles. The second-order valence-corrected chi connectivity index (χ2v) is 6.63. The number of rotatable bonds is 0. The summed E-state index contributed by atoms with van der Waals surface area (Å²) in [5.41, 5.74) is -0.455. The molecule has 6 heteroatoms. The van der Waals surface area contributed by atoms with Crippen LogP contribution in [0.4, 0.5) is 17.6 Å². The molecule has 19 heavy (non-hydrogen) atoms. The molecule has 0 bridgehead atoms. The highest BCUT2D eigenvalue weighted by Crippen LogP contribution is 2.40. The van der Waals surface area contributed by atoms with Gasteiger partial charge in [0.15, 0.2) is 0 Å². The smallest absolute Gasteiger partial charge is 0.290 e. The summed E-state index contributed by atoms with van der Waals surface area (Å²) >= 11 is 1.44. The minimum absolute atomic E-state index is 0.0163. The van der Waals surface area contributed by atoms with Crippen molar-refractivity contribution in [1.29, 1.82) is 0 Å². The molecule has 0 heterocycles. The summed E-state index contributed by atoms with van der Waals surface area (Å²) in [7, 11) is 0. The first-order valence-corrected chi connectivity index (χ1v) is 6.82. The Labute approximate surface area is 121 Å². The van der Waals surface area contributed by atoms with Gasteiger partial charge >= 0.3 is 6.18 Å². The van der Waals surface area contributed by atoms with Gasteiger partial charge in [0.05, 0.1) is 5.56 Å². The molecule has 0 amide bonds. The first kappa shape index (κ1) is 14.7. The average Bonchev–Trinajstić information content (AvgIpc) is 2.33. The lowest BCUT2D eigenvalue weighted by molar-refractivity contribution is -0.137. The molecule has 1 aromatic carbocycles. The minimum Gasteiger partial charge on any atom is -0.290 e. The number of fused-ring (bicyclic) bond motifs is 1. The number of ketones is 1. The molecule has 0 saturated carbocycles. The summed E-state index contributed by atoms with van der Waals surface area (Å²) in [6, 6.07) is 2.88. The van der Waals surface area contributed by atoms with Crippen molar-refractivity contribution in [1.82, 2.24) is 0 Å². The number of halogens is 5. The molecule has 0 aliphatic heterocycles. The fourth-order valence-electron chi connectivity index (χ4n) is 2.34. The summed E-state index contributed by atoms with van der Waals surface area (Å²) in [5, 5.41) is 0. The van der Waals surface area contributed by atoms with Crippen LogP contribution >= 0.6 is 22.6 Å². The summed E-state index contributed by atoms with van der Waals surface area (Å²) < 4.78 is 50.1. The second kappa shape index (κ2) is 4.71. The van der Waals surface area contributed by atoms with Crippen LogP contribution in [0.3, 0.4) is 0 Å². The Bertz CT molecular complexity index is 522. The van der Waals surface area contributed by atoms with Crippen LogP contribution in [0.15, 0.2) is 18.2 Å². The van der Waals surface area contributed by atoms with E-state index >= 15 is 0 Å². The normalized spacial score (nSPS) is 27.9. The van der Waals surface area contributed by atoms with Crippen molar-refractivity contribution in [3.05, 3.63) is 34.9 Å². The van der Waals surface area contributed by atoms with Gasteiger partial charge in [-0.3, -0.25) is 4.79 Å². The third-order valence-electron chi connectivity index (χ3n) is 3.18. The molecule has 2 unspecified atom stereocenters. The monoisotopic (exact) mass is 386 g/mol. The number of benzene rings is 1. The maximum Gasteiger partial charge on any atom is 0.416 e. The number of Topliss-reactive ketones (excluding diaryl/α,β-unsaturated/α-hetero) is 1. The van der Waals surface area contributed by atoms with Crippen LogP contribution < -0.4 is 0 Å². The number of hydrogen-bond acceptors (Lipinski definition) is 1. The molecule has 104 valence electrons. The number of alkyl halides is 5. The van der Waals surface area contributed by atoms with Crippen molar-refractivity contribution in [3.8, 4) is 0 Å². The Morgan fingerprint density at radius 2 is 2.00 bits per heavy atom. The van der Waals surface area contributed by atoms with E-state index in [0.29, 0.717) is 0 Å². The lowest BCUT2D eigenvalue weighted by Gasteiger charge is -2.16. The zero-order valence-corrected chi connectivity index (χ0v) is 12.2. The van der Waals surface area contributed by atoms with Crippen LogP contribution in [0.1, 0.15) is 34.8 Å². The second-order valence-electron chi connectivity index (χ2n) is 4.92. The summed E-state index contributed by atoms with van der Waals surface area (Å²) in [6.07, 6.45) is -4.16. The lowest BCUT2D eigenvalue weighted by atomic mass is 9.96. The Morgan fingerprint density at radius 3 is 2.58 bits per heavy atom. The molecular weight excluding hydrogens is 375 g/mol. The van der Waals surface area contributed by atoms with Gasteiger partial charge in [-0.25, -0.2) is 4.39 Å². The molecule has 1 aromatic rings. The van der Waals surface area contributed by atoms with Gasteiger partial charge in [-0.1, -0.05) is 13.0 Å². The van der Waals surface area contributed by atoms with Gasteiger partial charge in [-0.05, 0) is 52.6 Å². The molecule has 0 radical (unpaired) electrons. The van der Waals surface area contributed by atoms with Gasteiger partial charge in [0.1, 0.15) is 0 Å².